The predicted molar refractivity (Wildman–Crippen MR) is 78.8 cm³/mol. The van der Waals surface area contributed by atoms with Gasteiger partial charge in [-0.05, 0) is 30.9 Å². The van der Waals surface area contributed by atoms with E-state index in [2.05, 4.69) is 0 Å². The fourth-order valence-corrected chi connectivity index (χ4v) is 3.44. The molecule has 1 aromatic carbocycles. The third-order valence-corrected chi connectivity index (χ3v) is 4.86. The Balaban J connectivity index is 1.64. The molecule has 0 aliphatic carbocycles. The minimum Gasteiger partial charge on any atom is -0.381 e. The number of likely N-dealkylation sites (tertiary alicyclic amines) is 1. The van der Waals surface area contributed by atoms with Gasteiger partial charge in [-0.25, -0.2) is 0 Å². The van der Waals surface area contributed by atoms with Crippen LogP contribution in [0.25, 0.3) is 0 Å². The average molecular weight is 327 g/mol. The van der Waals surface area contributed by atoms with E-state index in [-0.39, 0.29) is 11.3 Å². The van der Waals surface area contributed by atoms with Crippen molar-refractivity contribution in [2.45, 2.75) is 31.9 Å². The summed E-state index contributed by atoms with van der Waals surface area (Å²) in [5.74, 6) is 0.0921. The Kier molecular flexibility index (Phi) is 4.36. The van der Waals surface area contributed by atoms with E-state index in [9.17, 15) is 18.0 Å². The van der Waals surface area contributed by atoms with Crippen molar-refractivity contribution in [3.63, 3.8) is 0 Å². The number of benzene rings is 1. The minimum atomic E-state index is -4.33. The van der Waals surface area contributed by atoms with E-state index in [1.54, 1.807) is 11.0 Å². The number of amides is 1. The maximum atomic E-state index is 12.7. The van der Waals surface area contributed by atoms with Crippen molar-refractivity contribution in [1.82, 2.24) is 4.90 Å². The van der Waals surface area contributed by atoms with E-state index < -0.39 is 11.7 Å². The number of ether oxygens (including phenoxy) is 1. The van der Waals surface area contributed by atoms with Gasteiger partial charge >= 0.3 is 6.18 Å². The van der Waals surface area contributed by atoms with Gasteiger partial charge in [0, 0.05) is 31.5 Å². The summed E-state index contributed by atoms with van der Waals surface area (Å²) in [4.78, 5) is 13.9. The van der Waals surface area contributed by atoms with Crippen LogP contribution in [0.1, 0.15) is 30.4 Å². The Morgan fingerprint density at radius 1 is 1.26 bits per heavy atom. The third kappa shape index (κ3) is 3.68. The van der Waals surface area contributed by atoms with Crippen LogP contribution in [0, 0.1) is 5.41 Å². The predicted octanol–water partition coefficient (Wildman–Crippen LogP) is 3.28. The summed E-state index contributed by atoms with van der Waals surface area (Å²) >= 11 is 0. The molecule has 0 radical (unpaired) electrons. The van der Waals surface area contributed by atoms with Crippen molar-refractivity contribution >= 4 is 5.91 Å². The molecule has 1 spiro atoms. The minimum absolute atomic E-state index is 0.0573. The Hall–Kier alpha value is -1.56. The number of hydrogen-bond donors (Lipinski definition) is 0. The first-order valence-electron chi connectivity index (χ1n) is 7.90. The molecule has 1 unspecified atom stereocenters. The van der Waals surface area contributed by atoms with Gasteiger partial charge < -0.3 is 9.64 Å². The van der Waals surface area contributed by atoms with Crippen LogP contribution in [-0.2, 0) is 22.1 Å². The highest BCUT2D eigenvalue weighted by Gasteiger charge is 2.41. The number of hydrogen-bond acceptors (Lipinski definition) is 2. The average Bonchev–Trinajstić information content (AvgIpc) is 2.96. The Morgan fingerprint density at radius 2 is 2.09 bits per heavy atom. The fraction of sp³-hybridized carbons (Fsp3) is 0.588. The standard InChI is InChI=1S/C17H20F3NO2/c18-17(19,20)14-3-1-2-13(10-14)5-8-21-11-16(6-4-15(21)22)7-9-23-12-16/h1-3,10H,4-9,11-12H2. The molecule has 2 saturated heterocycles. The number of rotatable bonds is 3. The molecule has 2 aliphatic rings. The van der Waals surface area contributed by atoms with Crippen molar-refractivity contribution in [2.75, 3.05) is 26.3 Å². The van der Waals surface area contributed by atoms with Gasteiger partial charge in [-0.15, -0.1) is 0 Å². The van der Waals surface area contributed by atoms with Crippen molar-refractivity contribution in [3.8, 4) is 0 Å². The zero-order valence-electron chi connectivity index (χ0n) is 12.9. The zero-order valence-corrected chi connectivity index (χ0v) is 12.9. The molecule has 1 amide bonds. The molecule has 3 rings (SSSR count). The van der Waals surface area contributed by atoms with E-state index in [4.69, 9.17) is 4.74 Å². The lowest BCUT2D eigenvalue weighted by Crippen LogP contribution is -2.47. The lowest BCUT2D eigenvalue weighted by Gasteiger charge is -2.39. The summed E-state index contributed by atoms with van der Waals surface area (Å²) in [5, 5.41) is 0. The Labute approximate surface area is 133 Å². The molecule has 23 heavy (non-hydrogen) atoms. The lowest BCUT2D eigenvalue weighted by molar-refractivity contribution is -0.138. The quantitative estimate of drug-likeness (QED) is 0.853. The smallest absolute Gasteiger partial charge is 0.381 e. The van der Waals surface area contributed by atoms with Gasteiger partial charge in [0.15, 0.2) is 0 Å². The van der Waals surface area contributed by atoms with Gasteiger partial charge in [0.05, 0.1) is 12.2 Å². The van der Waals surface area contributed by atoms with E-state index in [1.165, 1.54) is 12.1 Å². The van der Waals surface area contributed by atoms with Gasteiger partial charge in [-0.1, -0.05) is 18.2 Å². The van der Waals surface area contributed by atoms with Gasteiger partial charge in [0.1, 0.15) is 0 Å². The first kappa shape index (κ1) is 16.3. The molecule has 1 aromatic rings. The second kappa shape index (κ2) is 6.15. The molecule has 3 nitrogen and oxygen atoms in total. The van der Waals surface area contributed by atoms with Crippen molar-refractivity contribution in [2.24, 2.45) is 5.41 Å². The maximum absolute atomic E-state index is 12.7. The first-order chi connectivity index (χ1) is 10.9. The summed E-state index contributed by atoms with van der Waals surface area (Å²) in [6.07, 6.45) is -1.58. The monoisotopic (exact) mass is 327 g/mol. The second-order valence-corrected chi connectivity index (χ2v) is 6.57. The highest BCUT2D eigenvalue weighted by Crippen LogP contribution is 2.38. The lowest BCUT2D eigenvalue weighted by atomic mass is 9.79. The molecule has 126 valence electrons. The molecule has 0 bridgehead atoms. The van der Waals surface area contributed by atoms with E-state index in [1.807, 2.05) is 0 Å². The molecule has 1 atom stereocenters. The SMILES string of the molecule is O=C1CCC2(CCOC2)CN1CCc1cccc(C(F)(F)F)c1. The third-order valence-electron chi connectivity index (χ3n) is 4.86. The number of carbonyl (C=O) groups excluding carboxylic acids is 1. The highest BCUT2D eigenvalue weighted by atomic mass is 19.4. The van der Waals surface area contributed by atoms with Crippen LogP contribution in [-0.4, -0.2) is 37.1 Å². The molecule has 0 saturated carbocycles. The fourth-order valence-electron chi connectivity index (χ4n) is 3.44. The van der Waals surface area contributed by atoms with Gasteiger partial charge in [0.2, 0.25) is 5.91 Å². The number of piperidine rings is 1. The number of halogens is 3. The van der Waals surface area contributed by atoms with E-state index in [0.717, 1.165) is 25.5 Å². The molecule has 2 fully saturated rings. The zero-order chi connectivity index (χ0) is 16.5. The summed E-state index contributed by atoms with van der Waals surface area (Å²) in [5.41, 5.74) is 0.0254. The molecule has 0 aromatic heterocycles. The van der Waals surface area contributed by atoms with Crippen LogP contribution in [0.4, 0.5) is 13.2 Å². The van der Waals surface area contributed by atoms with Crippen LogP contribution >= 0.6 is 0 Å². The second-order valence-electron chi connectivity index (χ2n) is 6.57. The molecule has 2 heterocycles. The highest BCUT2D eigenvalue weighted by molar-refractivity contribution is 5.77. The summed E-state index contributed by atoms with van der Waals surface area (Å²) in [6, 6.07) is 5.34. The largest absolute Gasteiger partial charge is 0.416 e. The normalized spacial score (nSPS) is 25.3. The summed E-state index contributed by atoms with van der Waals surface area (Å²) < 4.78 is 43.7. The van der Waals surface area contributed by atoms with Gasteiger partial charge in [0.25, 0.3) is 0 Å². The van der Waals surface area contributed by atoms with E-state index >= 15 is 0 Å². The van der Waals surface area contributed by atoms with Gasteiger partial charge in [-0.2, -0.15) is 13.2 Å². The van der Waals surface area contributed by atoms with Crippen molar-refractivity contribution in [3.05, 3.63) is 35.4 Å². The van der Waals surface area contributed by atoms with Crippen LogP contribution in [0.2, 0.25) is 0 Å². The van der Waals surface area contributed by atoms with E-state index in [0.29, 0.717) is 38.1 Å². The van der Waals surface area contributed by atoms with Crippen LogP contribution in [0.3, 0.4) is 0 Å². The molecule has 2 aliphatic heterocycles. The topological polar surface area (TPSA) is 29.5 Å². The maximum Gasteiger partial charge on any atom is 0.416 e. The number of alkyl halides is 3. The van der Waals surface area contributed by atoms with Crippen LogP contribution in [0.15, 0.2) is 24.3 Å². The number of nitrogens with zero attached hydrogens (tertiary/aromatic N) is 1. The molecule has 0 N–H and O–H groups in total. The Bertz CT molecular complexity index is 579. The van der Waals surface area contributed by atoms with Crippen LogP contribution in [0.5, 0.6) is 0 Å². The number of carbonyl (C=O) groups is 1. The summed E-state index contributed by atoms with van der Waals surface area (Å²) in [6.45, 7) is 2.53. The first-order valence-corrected chi connectivity index (χ1v) is 7.90. The van der Waals surface area contributed by atoms with Crippen LogP contribution < -0.4 is 0 Å². The van der Waals surface area contributed by atoms with Crippen molar-refractivity contribution < 1.29 is 22.7 Å². The van der Waals surface area contributed by atoms with Gasteiger partial charge in [-0.3, -0.25) is 4.79 Å². The molecular formula is C17H20F3NO2. The molecular weight excluding hydrogens is 307 g/mol. The molecule has 6 heteroatoms. The summed E-state index contributed by atoms with van der Waals surface area (Å²) in [7, 11) is 0. The Morgan fingerprint density at radius 3 is 2.78 bits per heavy atom. The van der Waals surface area contributed by atoms with Crippen molar-refractivity contribution in [1.29, 1.82) is 0 Å².